The summed E-state index contributed by atoms with van der Waals surface area (Å²) in [6.07, 6.45) is 0. The first-order chi connectivity index (χ1) is 12.2. The SMILES string of the molecule is O=C(NCc1nc(-c2ccccc2)no1)c1sc2ccccc2c1Cl. The van der Waals surface area contributed by atoms with E-state index in [4.69, 9.17) is 16.1 Å². The minimum atomic E-state index is -0.259. The number of hydrogen-bond acceptors (Lipinski definition) is 5. The molecule has 0 atom stereocenters. The van der Waals surface area contributed by atoms with E-state index in [1.165, 1.54) is 11.3 Å². The molecule has 0 unspecified atom stereocenters. The highest BCUT2D eigenvalue weighted by Crippen LogP contribution is 2.35. The van der Waals surface area contributed by atoms with Crippen molar-refractivity contribution in [2.75, 3.05) is 0 Å². The van der Waals surface area contributed by atoms with Gasteiger partial charge in [0.2, 0.25) is 11.7 Å². The van der Waals surface area contributed by atoms with Crippen LogP contribution in [0.15, 0.2) is 59.1 Å². The Kier molecular flexibility index (Phi) is 4.21. The van der Waals surface area contributed by atoms with Gasteiger partial charge in [0.1, 0.15) is 4.88 Å². The number of hydrogen-bond donors (Lipinski definition) is 1. The molecule has 25 heavy (non-hydrogen) atoms. The molecule has 0 aliphatic carbocycles. The van der Waals surface area contributed by atoms with Crippen LogP contribution in [0, 0.1) is 0 Å². The summed E-state index contributed by atoms with van der Waals surface area (Å²) in [5.41, 5.74) is 0.858. The number of nitrogens with zero attached hydrogens (tertiary/aromatic N) is 2. The van der Waals surface area contributed by atoms with Crippen LogP contribution in [0.25, 0.3) is 21.5 Å². The van der Waals surface area contributed by atoms with Gasteiger partial charge in [-0.05, 0) is 6.07 Å². The van der Waals surface area contributed by atoms with E-state index >= 15 is 0 Å². The molecule has 4 rings (SSSR count). The van der Waals surface area contributed by atoms with Gasteiger partial charge in [0.25, 0.3) is 5.91 Å². The topological polar surface area (TPSA) is 68.0 Å². The maximum atomic E-state index is 12.4. The Bertz CT molecular complexity index is 1040. The van der Waals surface area contributed by atoms with Crippen molar-refractivity contribution in [3.8, 4) is 11.4 Å². The lowest BCUT2D eigenvalue weighted by Crippen LogP contribution is -2.22. The molecule has 0 aliphatic heterocycles. The van der Waals surface area contributed by atoms with Crippen LogP contribution >= 0.6 is 22.9 Å². The van der Waals surface area contributed by atoms with Crippen molar-refractivity contribution in [3.63, 3.8) is 0 Å². The van der Waals surface area contributed by atoms with Crippen LogP contribution in [0.4, 0.5) is 0 Å². The second kappa shape index (κ2) is 6.66. The number of halogens is 1. The van der Waals surface area contributed by atoms with Gasteiger partial charge < -0.3 is 9.84 Å². The molecule has 1 N–H and O–H groups in total. The van der Waals surface area contributed by atoms with Crippen molar-refractivity contribution >= 4 is 38.9 Å². The molecule has 1 amide bonds. The van der Waals surface area contributed by atoms with Crippen LogP contribution in [0.5, 0.6) is 0 Å². The normalized spacial score (nSPS) is 10.9. The third-order valence-corrected chi connectivity index (χ3v) is 5.32. The highest BCUT2D eigenvalue weighted by molar-refractivity contribution is 7.21. The van der Waals surface area contributed by atoms with Crippen LogP contribution in [0.2, 0.25) is 5.02 Å². The van der Waals surface area contributed by atoms with E-state index in [1.807, 2.05) is 54.6 Å². The molecule has 0 fully saturated rings. The van der Waals surface area contributed by atoms with Crippen molar-refractivity contribution < 1.29 is 9.32 Å². The number of aromatic nitrogens is 2. The van der Waals surface area contributed by atoms with Crippen LogP contribution in [0.1, 0.15) is 15.6 Å². The maximum Gasteiger partial charge on any atom is 0.263 e. The molecule has 124 valence electrons. The molecule has 0 spiro atoms. The second-order valence-corrected chi connectivity index (χ2v) is 6.73. The number of carbonyl (C=O) groups is 1. The first kappa shape index (κ1) is 15.8. The maximum absolute atomic E-state index is 12.4. The minimum Gasteiger partial charge on any atom is -0.342 e. The molecule has 5 nitrogen and oxygen atoms in total. The molecular formula is C18H12ClN3O2S. The number of amides is 1. The monoisotopic (exact) mass is 369 g/mol. The fourth-order valence-corrected chi connectivity index (χ4v) is 3.86. The molecule has 2 aromatic carbocycles. The zero-order valence-electron chi connectivity index (χ0n) is 12.9. The van der Waals surface area contributed by atoms with E-state index in [2.05, 4.69) is 15.5 Å². The summed E-state index contributed by atoms with van der Waals surface area (Å²) < 4.78 is 6.16. The molecular weight excluding hydrogens is 358 g/mol. The van der Waals surface area contributed by atoms with E-state index in [1.54, 1.807) is 0 Å². The van der Waals surface area contributed by atoms with Crippen LogP contribution in [-0.2, 0) is 6.54 Å². The van der Waals surface area contributed by atoms with Gasteiger partial charge in [-0.2, -0.15) is 4.98 Å². The number of thiophene rings is 1. The summed E-state index contributed by atoms with van der Waals surface area (Å²) >= 11 is 7.67. The quantitative estimate of drug-likeness (QED) is 0.573. The van der Waals surface area contributed by atoms with Crippen molar-refractivity contribution in [1.82, 2.24) is 15.5 Å². The predicted octanol–water partition coefficient (Wildman–Crippen LogP) is 4.53. The average molecular weight is 370 g/mol. The molecule has 2 heterocycles. The zero-order valence-corrected chi connectivity index (χ0v) is 14.5. The van der Waals surface area contributed by atoms with Gasteiger partial charge in [0.05, 0.1) is 11.6 Å². The third kappa shape index (κ3) is 3.14. The summed E-state index contributed by atoms with van der Waals surface area (Å²) in [5, 5.41) is 8.05. The summed E-state index contributed by atoms with van der Waals surface area (Å²) in [5.74, 6) is 0.569. The molecule has 0 aliphatic rings. The molecule has 4 aromatic rings. The number of nitrogens with one attached hydrogen (secondary N) is 1. The Labute approximate surface area is 152 Å². The summed E-state index contributed by atoms with van der Waals surface area (Å²) in [6.45, 7) is 0.142. The van der Waals surface area contributed by atoms with Crippen LogP contribution in [-0.4, -0.2) is 16.0 Å². The van der Waals surface area contributed by atoms with Gasteiger partial charge >= 0.3 is 0 Å². The molecule has 0 radical (unpaired) electrons. The smallest absolute Gasteiger partial charge is 0.263 e. The van der Waals surface area contributed by atoms with Crippen LogP contribution in [0.3, 0.4) is 0 Å². The van der Waals surface area contributed by atoms with Gasteiger partial charge in [-0.3, -0.25) is 4.79 Å². The Morgan fingerprint density at radius 1 is 1.12 bits per heavy atom. The minimum absolute atomic E-state index is 0.142. The highest BCUT2D eigenvalue weighted by atomic mass is 35.5. The number of fused-ring (bicyclic) bond motifs is 1. The molecule has 0 saturated carbocycles. The van der Waals surface area contributed by atoms with Gasteiger partial charge in [-0.1, -0.05) is 65.3 Å². The Hall–Kier alpha value is -2.70. The van der Waals surface area contributed by atoms with E-state index in [0.717, 1.165) is 15.6 Å². The van der Waals surface area contributed by atoms with Crippen molar-refractivity contribution in [3.05, 3.63) is 70.4 Å². The first-order valence-electron chi connectivity index (χ1n) is 7.55. The lowest BCUT2D eigenvalue weighted by molar-refractivity contribution is 0.0950. The van der Waals surface area contributed by atoms with E-state index in [0.29, 0.717) is 21.6 Å². The summed E-state index contributed by atoms with van der Waals surface area (Å²) in [4.78, 5) is 17.2. The van der Waals surface area contributed by atoms with Gasteiger partial charge in [0, 0.05) is 15.6 Å². The van der Waals surface area contributed by atoms with E-state index in [9.17, 15) is 4.79 Å². The second-order valence-electron chi connectivity index (χ2n) is 5.30. The average Bonchev–Trinajstić information content (AvgIpc) is 3.26. The van der Waals surface area contributed by atoms with Crippen molar-refractivity contribution in [2.45, 2.75) is 6.54 Å². The molecule has 2 aromatic heterocycles. The first-order valence-corrected chi connectivity index (χ1v) is 8.75. The lowest BCUT2D eigenvalue weighted by atomic mass is 10.2. The summed E-state index contributed by atoms with van der Waals surface area (Å²) in [7, 11) is 0. The van der Waals surface area contributed by atoms with Crippen LogP contribution < -0.4 is 5.32 Å². The van der Waals surface area contributed by atoms with Gasteiger partial charge in [-0.25, -0.2) is 0 Å². The largest absolute Gasteiger partial charge is 0.342 e. The lowest BCUT2D eigenvalue weighted by Gasteiger charge is -2.00. The zero-order chi connectivity index (χ0) is 17.2. The standard InChI is InChI=1S/C18H12ClN3O2S/c19-15-12-8-4-5-9-13(12)25-16(15)18(23)20-10-14-21-17(22-24-14)11-6-2-1-3-7-11/h1-9H,10H2,(H,20,23). The number of rotatable bonds is 4. The van der Waals surface area contributed by atoms with Gasteiger partial charge in [-0.15, -0.1) is 11.3 Å². The summed E-state index contributed by atoms with van der Waals surface area (Å²) in [6, 6.07) is 17.1. The molecule has 0 saturated heterocycles. The Morgan fingerprint density at radius 3 is 2.68 bits per heavy atom. The highest BCUT2D eigenvalue weighted by Gasteiger charge is 2.17. The Morgan fingerprint density at radius 2 is 1.88 bits per heavy atom. The number of carbonyl (C=O) groups excluding carboxylic acids is 1. The molecule has 0 bridgehead atoms. The Balaban J connectivity index is 1.48. The predicted molar refractivity (Wildman–Crippen MR) is 97.7 cm³/mol. The fourth-order valence-electron chi connectivity index (χ4n) is 2.43. The fraction of sp³-hybridized carbons (Fsp3) is 0.0556. The number of benzene rings is 2. The third-order valence-electron chi connectivity index (χ3n) is 3.64. The molecule has 7 heteroatoms. The van der Waals surface area contributed by atoms with Crippen molar-refractivity contribution in [2.24, 2.45) is 0 Å². The van der Waals surface area contributed by atoms with E-state index in [-0.39, 0.29) is 12.5 Å². The van der Waals surface area contributed by atoms with Crippen molar-refractivity contribution in [1.29, 1.82) is 0 Å². The van der Waals surface area contributed by atoms with Gasteiger partial charge in [0.15, 0.2) is 0 Å². The van der Waals surface area contributed by atoms with E-state index < -0.39 is 0 Å².